The second-order valence-corrected chi connectivity index (χ2v) is 11.5. The fraction of sp³-hybridized carbons (Fsp3) is 0.462. The maximum Gasteiger partial charge on any atom is 0.408 e. The fourth-order valence-electron chi connectivity index (χ4n) is 3.72. The lowest BCUT2D eigenvalue weighted by atomic mass is 9.94. The number of ether oxygens (including phenoxy) is 1. The number of thiophene rings is 1. The van der Waals surface area contributed by atoms with Crippen molar-refractivity contribution in [2.75, 3.05) is 22.9 Å². The minimum absolute atomic E-state index is 0.0899. The summed E-state index contributed by atoms with van der Waals surface area (Å²) in [6, 6.07) is 6.01. The molecule has 1 N–H and O–H groups in total. The summed E-state index contributed by atoms with van der Waals surface area (Å²) in [4.78, 5) is 55.8. The highest BCUT2D eigenvalue weighted by molar-refractivity contribution is 7.08. The molecule has 1 aliphatic rings. The third-order valence-electron chi connectivity index (χ3n) is 5.36. The first-order valence-corrected chi connectivity index (χ1v) is 12.4. The standard InChI is InChI=1S/C26H33N3O5S/c1-16-8-9-19-20(12-16)28(14-21(30)17-10-11-35-15-17)22(31)18(27-24(33)34-26(5,6)7)13-29(19)23(32)25(2,3)4/h8-12,15,18H,13-14H2,1-7H3,(H,27,33). The Bertz CT molecular complexity index is 1130. The molecule has 0 bridgehead atoms. The number of rotatable bonds is 4. The van der Waals surface area contributed by atoms with Crippen molar-refractivity contribution in [3.8, 4) is 0 Å². The Morgan fingerprint density at radius 1 is 1.09 bits per heavy atom. The van der Waals surface area contributed by atoms with E-state index in [1.54, 1.807) is 70.5 Å². The zero-order valence-corrected chi connectivity index (χ0v) is 22.1. The lowest BCUT2D eigenvalue weighted by molar-refractivity contribution is -0.126. The van der Waals surface area contributed by atoms with Crippen molar-refractivity contribution in [2.45, 2.75) is 60.1 Å². The van der Waals surface area contributed by atoms with Crippen LogP contribution in [-0.4, -0.2) is 48.4 Å². The van der Waals surface area contributed by atoms with E-state index in [2.05, 4.69) is 5.32 Å². The molecular weight excluding hydrogens is 466 g/mol. The summed E-state index contributed by atoms with van der Waals surface area (Å²) in [6.45, 7) is 12.1. The number of nitrogens with zero attached hydrogens (tertiary/aromatic N) is 2. The highest BCUT2D eigenvalue weighted by Gasteiger charge is 2.40. The number of carbonyl (C=O) groups is 4. The van der Waals surface area contributed by atoms with Gasteiger partial charge in [-0.1, -0.05) is 26.8 Å². The number of carbonyl (C=O) groups excluding carboxylic acids is 4. The molecule has 2 aromatic rings. The Kier molecular flexibility index (Phi) is 7.40. The summed E-state index contributed by atoms with van der Waals surface area (Å²) in [5.41, 5.74) is 0.809. The van der Waals surface area contributed by atoms with Gasteiger partial charge in [0.15, 0.2) is 5.78 Å². The van der Waals surface area contributed by atoms with Gasteiger partial charge in [-0.15, -0.1) is 0 Å². The van der Waals surface area contributed by atoms with Crippen molar-refractivity contribution >= 4 is 46.4 Å². The summed E-state index contributed by atoms with van der Waals surface area (Å²) in [6.07, 6.45) is -0.773. The van der Waals surface area contributed by atoms with Crippen molar-refractivity contribution in [1.29, 1.82) is 0 Å². The molecule has 1 unspecified atom stereocenters. The van der Waals surface area contributed by atoms with E-state index in [1.807, 2.05) is 13.0 Å². The molecule has 0 aliphatic carbocycles. The molecule has 0 saturated carbocycles. The van der Waals surface area contributed by atoms with E-state index < -0.39 is 29.1 Å². The maximum absolute atomic E-state index is 13.8. The predicted octanol–water partition coefficient (Wildman–Crippen LogP) is 4.56. The molecule has 0 saturated heterocycles. The molecule has 188 valence electrons. The first-order chi connectivity index (χ1) is 16.2. The molecule has 0 fully saturated rings. The van der Waals surface area contributed by atoms with Gasteiger partial charge in [0, 0.05) is 16.4 Å². The van der Waals surface area contributed by atoms with Crippen LogP contribution in [0.4, 0.5) is 16.2 Å². The van der Waals surface area contributed by atoms with E-state index >= 15 is 0 Å². The topological polar surface area (TPSA) is 96.0 Å². The number of nitrogens with one attached hydrogen (secondary N) is 1. The van der Waals surface area contributed by atoms with Crippen LogP contribution in [0.25, 0.3) is 0 Å². The molecule has 1 aromatic carbocycles. The van der Waals surface area contributed by atoms with Gasteiger partial charge in [-0.3, -0.25) is 14.4 Å². The van der Waals surface area contributed by atoms with Crippen molar-refractivity contribution in [2.24, 2.45) is 5.41 Å². The Labute approximate surface area is 210 Å². The summed E-state index contributed by atoms with van der Waals surface area (Å²) in [5, 5.41) is 6.16. The minimum Gasteiger partial charge on any atom is -0.444 e. The van der Waals surface area contributed by atoms with Gasteiger partial charge in [0.25, 0.3) is 5.91 Å². The monoisotopic (exact) mass is 499 g/mol. The number of fused-ring (bicyclic) bond motifs is 1. The molecule has 1 aromatic heterocycles. The SMILES string of the molecule is Cc1ccc2c(c1)N(CC(=O)c1ccsc1)C(=O)C(NC(=O)OC(C)(C)C)CN2C(=O)C(C)(C)C. The van der Waals surface area contributed by atoms with Crippen LogP contribution in [0.1, 0.15) is 57.5 Å². The Hall–Kier alpha value is -3.20. The van der Waals surface area contributed by atoms with Crippen LogP contribution in [0, 0.1) is 12.3 Å². The summed E-state index contributed by atoms with van der Waals surface area (Å²) >= 11 is 1.39. The van der Waals surface area contributed by atoms with E-state index in [4.69, 9.17) is 4.74 Å². The van der Waals surface area contributed by atoms with Crippen molar-refractivity contribution < 1.29 is 23.9 Å². The summed E-state index contributed by atoms with van der Waals surface area (Å²) in [5.74, 6) is -0.938. The molecule has 3 amide bonds. The number of alkyl carbamates (subject to hydrolysis) is 1. The number of ketones is 1. The average molecular weight is 500 g/mol. The Morgan fingerprint density at radius 3 is 2.34 bits per heavy atom. The number of hydrogen-bond acceptors (Lipinski definition) is 6. The second kappa shape index (κ2) is 9.81. The van der Waals surface area contributed by atoms with E-state index in [9.17, 15) is 19.2 Å². The third-order valence-corrected chi connectivity index (χ3v) is 6.05. The molecule has 0 spiro atoms. The summed E-state index contributed by atoms with van der Waals surface area (Å²) < 4.78 is 5.37. The lowest BCUT2D eigenvalue weighted by Crippen LogP contribution is -2.55. The van der Waals surface area contributed by atoms with Crippen LogP contribution in [0.2, 0.25) is 0 Å². The largest absolute Gasteiger partial charge is 0.444 e. The van der Waals surface area contributed by atoms with E-state index in [1.165, 1.54) is 21.1 Å². The normalized spacial score (nSPS) is 16.4. The molecule has 9 heteroatoms. The van der Waals surface area contributed by atoms with Gasteiger partial charge in [0.05, 0.1) is 24.5 Å². The Balaban J connectivity index is 2.09. The molecule has 1 atom stereocenters. The molecule has 0 radical (unpaired) electrons. The smallest absolute Gasteiger partial charge is 0.408 e. The van der Waals surface area contributed by atoms with Crippen molar-refractivity contribution in [1.82, 2.24) is 5.32 Å². The van der Waals surface area contributed by atoms with Crippen LogP contribution in [0.15, 0.2) is 35.0 Å². The van der Waals surface area contributed by atoms with Crippen LogP contribution in [0.5, 0.6) is 0 Å². The van der Waals surface area contributed by atoms with Gasteiger partial charge >= 0.3 is 6.09 Å². The molecular formula is C26H33N3O5S. The van der Waals surface area contributed by atoms with Gasteiger partial charge in [-0.25, -0.2) is 4.79 Å². The lowest BCUT2D eigenvalue weighted by Gasteiger charge is -2.31. The molecule has 35 heavy (non-hydrogen) atoms. The van der Waals surface area contributed by atoms with Gasteiger partial charge < -0.3 is 19.9 Å². The van der Waals surface area contributed by atoms with Gasteiger partial charge in [0.1, 0.15) is 11.6 Å². The molecule has 1 aliphatic heterocycles. The van der Waals surface area contributed by atoms with E-state index in [0.717, 1.165) is 5.56 Å². The third kappa shape index (κ3) is 6.28. The van der Waals surface area contributed by atoms with Gasteiger partial charge in [-0.2, -0.15) is 11.3 Å². The number of benzene rings is 1. The quantitative estimate of drug-likeness (QED) is 0.622. The zero-order chi connectivity index (χ0) is 26.1. The number of aryl methyl sites for hydroxylation is 1. The average Bonchev–Trinajstić information content (AvgIpc) is 3.24. The molecule has 2 heterocycles. The highest BCUT2D eigenvalue weighted by atomic mass is 32.1. The predicted molar refractivity (Wildman–Crippen MR) is 137 cm³/mol. The van der Waals surface area contributed by atoms with Crippen LogP contribution in [0.3, 0.4) is 0 Å². The second-order valence-electron chi connectivity index (χ2n) is 10.7. The van der Waals surface area contributed by atoms with Crippen LogP contribution >= 0.6 is 11.3 Å². The minimum atomic E-state index is -1.11. The van der Waals surface area contributed by atoms with Crippen molar-refractivity contribution in [3.05, 3.63) is 46.2 Å². The number of hydrogen-bond donors (Lipinski definition) is 1. The van der Waals surface area contributed by atoms with Crippen LogP contribution < -0.4 is 15.1 Å². The number of anilines is 2. The Morgan fingerprint density at radius 2 is 1.77 bits per heavy atom. The zero-order valence-electron chi connectivity index (χ0n) is 21.3. The number of Topliss-reactive ketones (excluding diaryl/α,β-unsaturated/α-hetero) is 1. The molecule has 3 rings (SSSR count). The summed E-state index contributed by atoms with van der Waals surface area (Å²) in [7, 11) is 0. The number of amides is 3. The molecule has 8 nitrogen and oxygen atoms in total. The van der Waals surface area contributed by atoms with E-state index in [-0.39, 0.29) is 24.8 Å². The first kappa shape index (κ1) is 26.4. The first-order valence-electron chi connectivity index (χ1n) is 11.5. The van der Waals surface area contributed by atoms with Gasteiger partial charge in [-0.05, 0) is 56.8 Å². The van der Waals surface area contributed by atoms with Crippen molar-refractivity contribution in [3.63, 3.8) is 0 Å². The van der Waals surface area contributed by atoms with E-state index in [0.29, 0.717) is 16.9 Å². The highest BCUT2D eigenvalue weighted by Crippen LogP contribution is 2.36. The maximum atomic E-state index is 13.8. The van der Waals surface area contributed by atoms with Crippen LogP contribution in [-0.2, 0) is 14.3 Å². The van der Waals surface area contributed by atoms with Gasteiger partial charge in [0.2, 0.25) is 5.91 Å². The fourth-order valence-corrected chi connectivity index (χ4v) is 4.38.